The number of hydrogen-bond donors (Lipinski definition) is 1. The van der Waals surface area contributed by atoms with Crippen LogP contribution in [0, 0.1) is 23.2 Å². The maximum absolute atomic E-state index is 12.4. The van der Waals surface area contributed by atoms with E-state index < -0.39 is 5.60 Å². The largest absolute Gasteiger partial charge is 0.299 e. The minimum absolute atomic E-state index is 0.105. The molecular weight excluding hydrogens is 244 g/mol. The van der Waals surface area contributed by atoms with Crippen molar-refractivity contribution < 1.29 is 19.7 Å². The van der Waals surface area contributed by atoms with E-state index in [4.69, 9.17) is 0 Å². The van der Waals surface area contributed by atoms with E-state index in [2.05, 4.69) is 18.7 Å². The maximum Gasteiger partial charge on any atom is 0.168 e. The molecule has 2 aliphatic rings. The topological polar surface area (TPSA) is 63.6 Å². The van der Waals surface area contributed by atoms with Crippen LogP contribution in [-0.4, -0.2) is 22.4 Å². The van der Waals surface area contributed by atoms with Gasteiger partial charge in [0.2, 0.25) is 0 Å². The summed E-state index contributed by atoms with van der Waals surface area (Å²) in [4.78, 5) is 29.2. The second-order valence-corrected chi connectivity index (χ2v) is 6.90. The van der Waals surface area contributed by atoms with Crippen LogP contribution in [0.5, 0.6) is 0 Å². The van der Waals surface area contributed by atoms with Crippen LogP contribution in [-0.2, 0) is 14.5 Å². The van der Waals surface area contributed by atoms with Crippen LogP contribution < -0.4 is 0 Å². The summed E-state index contributed by atoms with van der Waals surface area (Å²) in [5.74, 6) is 0.119. The van der Waals surface area contributed by atoms with Gasteiger partial charge in [0.25, 0.3) is 0 Å². The number of carbonyl (C=O) groups is 2. The summed E-state index contributed by atoms with van der Waals surface area (Å²) in [6.07, 6.45) is 2.08. The number of ketones is 2. The standard InChI is InChI=1S/C15H24O4/c1-9(2)15(19-18)8-14(4)10(3)5-6-12(16)11(14)7-13(15)17/h9-11,18H,5-8H2,1-4H3. The number of rotatable bonds is 2. The smallest absolute Gasteiger partial charge is 0.168 e. The zero-order valence-corrected chi connectivity index (χ0v) is 12.2. The van der Waals surface area contributed by atoms with Gasteiger partial charge in [0.1, 0.15) is 5.78 Å². The fourth-order valence-corrected chi connectivity index (χ4v) is 3.96. The molecule has 0 saturated heterocycles. The molecule has 4 atom stereocenters. The van der Waals surface area contributed by atoms with Crippen molar-refractivity contribution in [2.75, 3.05) is 0 Å². The van der Waals surface area contributed by atoms with Crippen LogP contribution in [0.3, 0.4) is 0 Å². The normalized spacial score (nSPS) is 43.5. The summed E-state index contributed by atoms with van der Waals surface area (Å²) in [6.45, 7) is 7.97. The summed E-state index contributed by atoms with van der Waals surface area (Å²) in [7, 11) is 0. The van der Waals surface area contributed by atoms with Crippen molar-refractivity contribution in [1.82, 2.24) is 0 Å². The molecule has 4 nitrogen and oxygen atoms in total. The highest BCUT2D eigenvalue weighted by molar-refractivity contribution is 5.95. The van der Waals surface area contributed by atoms with Crippen LogP contribution >= 0.6 is 0 Å². The molecule has 19 heavy (non-hydrogen) atoms. The quantitative estimate of drug-likeness (QED) is 0.618. The third-order valence-corrected chi connectivity index (χ3v) is 5.73. The molecule has 2 rings (SSSR count). The molecule has 0 aromatic heterocycles. The fraction of sp³-hybridized carbons (Fsp3) is 0.867. The molecule has 0 amide bonds. The van der Waals surface area contributed by atoms with Crippen molar-refractivity contribution in [1.29, 1.82) is 0 Å². The highest BCUT2D eigenvalue weighted by atomic mass is 17.1. The van der Waals surface area contributed by atoms with Crippen LogP contribution in [0.4, 0.5) is 0 Å². The zero-order chi connectivity index (χ0) is 14.4. The van der Waals surface area contributed by atoms with Gasteiger partial charge in [-0.3, -0.25) is 14.8 Å². The van der Waals surface area contributed by atoms with Crippen molar-refractivity contribution in [3.8, 4) is 0 Å². The molecule has 108 valence electrons. The van der Waals surface area contributed by atoms with Gasteiger partial charge in [-0.2, -0.15) is 0 Å². The molecule has 0 aromatic rings. The van der Waals surface area contributed by atoms with E-state index in [1.165, 1.54) is 0 Å². The molecule has 0 spiro atoms. The minimum Gasteiger partial charge on any atom is -0.299 e. The van der Waals surface area contributed by atoms with E-state index in [9.17, 15) is 14.8 Å². The lowest BCUT2D eigenvalue weighted by Crippen LogP contribution is -2.60. The lowest BCUT2D eigenvalue weighted by Gasteiger charge is -2.53. The molecule has 0 aliphatic heterocycles. The fourth-order valence-electron chi connectivity index (χ4n) is 3.96. The number of carbonyl (C=O) groups excluding carboxylic acids is 2. The van der Waals surface area contributed by atoms with E-state index in [0.717, 1.165) is 6.42 Å². The second-order valence-electron chi connectivity index (χ2n) is 6.90. The maximum atomic E-state index is 12.4. The highest BCUT2D eigenvalue weighted by Crippen LogP contribution is 2.55. The van der Waals surface area contributed by atoms with Crippen LogP contribution in [0.1, 0.15) is 53.4 Å². The van der Waals surface area contributed by atoms with Crippen LogP contribution in [0.15, 0.2) is 0 Å². The Labute approximate surface area is 114 Å². The highest BCUT2D eigenvalue weighted by Gasteiger charge is 2.60. The lowest BCUT2D eigenvalue weighted by molar-refractivity contribution is -0.335. The first-order valence-corrected chi connectivity index (χ1v) is 7.16. The first kappa shape index (κ1) is 14.7. The van der Waals surface area contributed by atoms with E-state index in [1.807, 2.05) is 13.8 Å². The van der Waals surface area contributed by atoms with Gasteiger partial charge in [0.05, 0.1) is 0 Å². The Morgan fingerprint density at radius 1 is 1.37 bits per heavy atom. The zero-order valence-electron chi connectivity index (χ0n) is 12.2. The Kier molecular flexibility index (Phi) is 3.60. The van der Waals surface area contributed by atoms with E-state index in [0.29, 0.717) is 18.8 Å². The van der Waals surface area contributed by atoms with Crippen molar-refractivity contribution >= 4 is 11.6 Å². The number of hydrogen-bond acceptors (Lipinski definition) is 4. The molecule has 2 saturated carbocycles. The van der Waals surface area contributed by atoms with E-state index in [-0.39, 0.29) is 35.2 Å². The Morgan fingerprint density at radius 3 is 2.53 bits per heavy atom. The van der Waals surface area contributed by atoms with Gasteiger partial charge in [-0.1, -0.05) is 27.7 Å². The lowest BCUT2D eigenvalue weighted by atomic mass is 9.51. The van der Waals surface area contributed by atoms with Gasteiger partial charge in [-0.15, -0.1) is 0 Å². The average Bonchev–Trinajstić information content (AvgIpc) is 2.36. The summed E-state index contributed by atoms with van der Waals surface area (Å²) in [6, 6.07) is 0. The monoisotopic (exact) mass is 268 g/mol. The second kappa shape index (κ2) is 4.67. The van der Waals surface area contributed by atoms with Gasteiger partial charge < -0.3 is 0 Å². The molecule has 2 aliphatic carbocycles. The summed E-state index contributed by atoms with van der Waals surface area (Å²) in [5.41, 5.74) is -1.40. The van der Waals surface area contributed by atoms with Crippen molar-refractivity contribution in [2.24, 2.45) is 23.2 Å². The van der Waals surface area contributed by atoms with Crippen molar-refractivity contribution in [3.05, 3.63) is 0 Å². The molecule has 0 heterocycles. The van der Waals surface area contributed by atoms with Crippen LogP contribution in [0.25, 0.3) is 0 Å². The molecule has 4 heteroatoms. The van der Waals surface area contributed by atoms with Gasteiger partial charge in [-0.05, 0) is 30.1 Å². The summed E-state index contributed by atoms with van der Waals surface area (Å²) >= 11 is 0. The first-order chi connectivity index (χ1) is 8.78. The Bertz CT molecular complexity index is 403. The number of fused-ring (bicyclic) bond motifs is 1. The molecule has 0 bridgehead atoms. The molecule has 0 aromatic carbocycles. The Morgan fingerprint density at radius 2 is 2.00 bits per heavy atom. The Balaban J connectivity index is 2.42. The predicted molar refractivity (Wildman–Crippen MR) is 70.5 cm³/mol. The van der Waals surface area contributed by atoms with E-state index in [1.54, 1.807) is 0 Å². The molecule has 2 fully saturated rings. The van der Waals surface area contributed by atoms with Crippen molar-refractivity contribution in [3.63, 3.8) is 0 Å². The van der Waals surface area contributed by atoms with Gasteiger partial charge in [0, 0.05) is 18.8 Å². The minimum atomic E-state index is -1.14. The molecule has 1 N–H and O–H groups in total. The third-order valence-electron chi connectivity index (χ3n) is 5.73. The molecular formula is C15H24O4. The number of Topliss-reactive ketones (excluding diaryl/α,β-unsaturated/α-hetero) is 2. The molecule has 0 radical (unpaired) electrons. The van der Waals surface area contributed by atoms with Crippen LogP contribution in [0.2, 0.25) is 0 Å². The molecule has 4 unspecified atom stereocenters. The summed E-state index contributed by atoms with van der Waals surface area (Å²) in [5, 5.41) is 9.33. The average molecular weight is 268 g/mol. The van der Waals surface area contributed by atoms with Gasteiger partial charge in [0.15, 0.2) is 11.4 Å². The van der Waals surface area contributed by atoms with Gasteiger partial charge in [-0.25, -0.2) is 4.89 Å². The first-order valence-electron chi connectivity index (χ1n) is 7.16. The van der Waals surface area contributed by atoms with E-state index >= 15 is 0 Å². The summed E-state index contributed by atoms with van der Waals surface area (Å²) < 4.78 is 0. The predicted octanol–water partition coefficient (Wildman–Crippen LogP) is 2.86. The van der Waals surface area contributed by atoms with Crippen molar-refractivity contribution in [2.45, 2.75) is 59.0 Å². The SMILES string of the molecule is CC(C)C1(OO)CC2(C)C(C)CCC(=O)C2CC1=O. The Hall–Kier alpha value is -0.740. The third kappa shape index (κ3) is 1.96. The van der Waals surface area contributed by atoms with Gasteiger partial charge >= 0.3 is 0 Å².